The molecule has 0 saturated carbocycles. The Labute approximate surface area is 145 Å². The zero-order chi connectivity index (χ0) is 19.1. The molecule has 0 aliphatic carbocycles. The third-order valence-electron chi connectivity index (χ3n) is 4.56. The Morgan fingerprint density at radius 2 is 2.15 bits per heavy atom. The van der Waals surface area contributed by atoms with Gasteiger partial charge in [0.1, 0.15) is 17.2 Å². The molecule has 9 heteroatoms. The van der Waals surface area contributed by atoms with E-state index in [1.54, 1.807) is 6.92 Å². The van der Waals surface area contributed by atoms with Crippen molar-refractivity contribution in [2.24, 2.45) is 0 Å². The first-order chi connectivity index (χ1) is 12.2. The molecule has 1 aromatic heterocycles. The number of alkyl halides is 3. The van der Waals surface area contributed by atoms with Gasteiger partial charge in [0.25, 0.3) is 0 Å². The van der Waals surface area contributed by atoms with Crippen LogP contribution in [-0.2, 0) is 21.6 Å². The van der Waals surface area contributed by atoms with E-state index in [4.69, 9.17) is 9.47 Å². The summed E-state index contributed by atoms with van der Waals surface area (Å²) in [6, 6.07) is 2.17. The molecule has 0 saturated heterocycles. The zero-order valence-corrected chi connectivity index (χ0v) is 13.9. The predicted molar refractivity (Wildman–Crippen MR) is 83.7 cm³/mol. The van der Waals surface area contributed by atoms with Crippen molar-refractivity contribution in [3.05, 3.63) is 29.2 Å². The van der Waals surface area contributed by atoms with E-state index >= 15 is 0 Å². The van der Waals surface area contributed by atoms with Gasteiger partial charge in [0.05, 0.1) is 24.2 Å². The number of fused-ring (bicyclic) bond motifs is 3. The normalized spacial score (nSPS) is 20.2. The van der Waals surface area contributed by atoms with Crippen LogP contribution < -0.4 is 4.74 Å². The van der Waals surface area contributed by atoms with Crippen molar-refractivity contribution in [1.82, 2.24) is 4.98 Å². The molecule has 2 heterocycles. The van der Waals surface area contributed by atoms with Gasteiger partial charge in [-0.15, -0.1) is 0 Å². The molecule has 5 nitrogen and oxygen atoms in total. The third-order valence-corrected chi connectivity index (χ3v) is 4.56. The number of aromatic amines is 1. The van der Waals surface area contributed by atoms with Crippen molar-refractivity contribution >= 4 is 16.9 Å². The Hall–Kier alpha value is -2.29. The van der Waals surface area contributed by atoms with Crippen molar-refractivity contribution in [3.63, 3.8) is 0 Å². The average Bonchev–Trinajstić information content (AvgIpc) is 2.95. The van der Waals surface area contributed by atoms with Crippen LogP contribution in [-0.4, -0.2) is 35.4 Å². The van der Waals surface area contributed by atoms with Gasteiger partial charge in [-0.25, -0.2) is 4.39 Å². The number of hydrogen-bond acceptors (Lipinski definition) is 3. The molecule has 1 atom stereocenters. The summed E-state index contributed by atoms with van der Waals surface area (Å²) in [6.07, 6.45) is -4.26. The van der Waals surface area contributed by atoms with Crippen LogP contribution in [0, 0.1) is 5.82 Å². The number of benzene rings is 1. The number of hydrogen-bond donors (Lipinski definition) is 2. The van der Waals surface area contributed by atoms with Crippen molar-refractivity contribution < 1.29 is 36.9 Å². The second kappa shape index (κ2) is 6.46. The summed E-state index contributed by atoms with van der Waals surface area (Å²) in [5.74, 6) is -1.85. The van der Waals surface area contributed by atoms with E-state index in [0.717, 1.165) is 12.1 Å². The van der Waals surface area contributed by atoms with E-state index in [0.29, 0.717) is 24.1 Å². The van der Waals surface area contributed by atoms with Crippen molar-refractivity contribution in [1.29, 1.82) is 0 Å². The zero-order valence-electron chi connectivity index (χ0n) is 13.9. The second-order valence-corrected chi connectivity index (χ2v) is 6.19. The Bertz CT molecular complexity index is 845. The maximum absolute atomic E-state index is 14.4. The lowest BCUT2D eigenvalue weighted by atomic mass is 9.86. The average molecular weight is 375 g/mol. The lowest BCUT2D eigenvalue weighted by molar-refractivity contribution is -0.153. The Morgan fingerprint density at radius 3 is 2.77 bits per heavy atom. The summed E-state index contributed by atoms with van der Waals surface area (Å²) in [7, 11) is 0. The predicted octanol–water partition coefficient (Wildman–Crippen LogP) is 3.90. The minimum atomic E-state index is -4.54. The molecule has 2 aromatic rings. The van der Waals surface area contributed by atoms with Gasteiger partial charge in [-0.05, 0) is 30.5 Å². The van der Waals surface area contributed by atoms with Crippen LogP contribution in [0.25, 0.3) is 10.9 Å². The number of rotatable bonds is 5. The number of H-pyrrole nitrogens is 1. The van der Waals surface area contributed by atoms with Crippen molar-refractivity contribution in [2.75, 3.05) is 13.2 Å². The molecule has 0 radical (unpaired) electrons. The number of aromatic nitrogens is 1. The SMILES string of the molecule is CCC1(CC(=O)O)OCCc2c1[nH]c1c(OCC(F)(F)F)ccc(F)c21. The topological polar surface area (TPSA) is 71.5 Å². The Kier molecular flexibility index (Phi) is 4.60. The van der Waals surface area contributed by atoms with Gasteiger partial charge in [-0.2, -0.15) is 13.2 Å². The van der Waals surface area contributed by atoms with Gasteiger partial charge >= 0.3 is 12.1 Å². The number of nitrogens with one attached hydrogen (secondary N) is 1. The molecule has 3 rings (SSSR count). The molecule has 1 aromatic carbocycles. The molecule has 2 N–H and O–H groups in total. The quantitative estimate of drug-likeness (QED) is 0.778. The van der Waals surface area contributed by atoms with Crippen LogP contribution in [0.1, 0.15) is 31.0 Å². The smallest absolute Gasteiger partial charge is 0.422 e. The Balaban J connectivity index is 2.15. The molecule has 142 valence electrons. The fourth-order valence-electron chi connectivity index (χ4n) is 3.43. The molecule has 1 aliphatic heterocycles. The van der Waals surface area contributed by atoms with Gasteiger partial charge in [0, 0.05) is 5.39 Å². The summed E-state index contributed by atoms with van der Waals surface area (Å²) in [5.41, 5.74) is -0.213. The van der Waals surface area contributed by atoms with Gasteiger partial charge in [0.2, 0.25) is 0 Å². The van der Waals surface area contributed by atoms with E-state index in [-0.39, 0.29) is 29.7 Å². The first-order valence-corrected chi connectivity index (χ1v) is 8.05. The van der Waals surface area contributed by atoms with Gasteiger partial charge in [-0.1, -0.05) is 6.92 Å². The lowest BCUT2D eigenvalue weighted by Crippen LogP contribution is -2.37. The van der Waals surface area contributed by atoms with Crippen LogP contribution in [0.2, 0.25) is 0 Å². The summed E-state index contributed by atoms with van der Waals surface area (Å²) < 4.78 is 62.4. The number of carboxylic acids is 1. The number of halogens is 4. The van der Waals surface area contributed by atoms with Crippen molar-refractivity contribution in [3.8, 4) is 5.75 Å². The van der Waals surface area contributed by atoms with Crippen LogP contribution in [0.4, 0.5) is 17.6 Å². The number of aliphatic carboxylic acids is 1. The summed E-state index contributed by atoms with van der Waals surface area (Å²) >= 11 is 0. The molecular weight excluding hydrogens is 358 g/mol. The first-order valence-electron chi connectivity index (χ1n) is 8.05. The second-order valence-electron chi connectivity index (χ2n) is 6.19. The van der Waals surface area contributed by atoms with Crippen LogP contribution in [0.5, 0.6) is 5.75 Å². The van der Waals surface area contributed by atoms with E-state index < -0.39 is 30.2 Å². The monoisotopic (exact) mass is 375 g/mol. The van der Waals surface area contributed by atoms with Crippen molar-refractivity contribution in [2.45, 2.75) is 38.0 Å². The summed E-state index contributed by atoms with van der Waals surface area (Å²) in [5, 5.41) is 9.34. The lowest BCUT2D eigenvalue weighted by Gasteiger charge is -2.35. The minimum Gasteiger partial charge on any atom is -0.482 e. The number of carboxylic acid groups (broad SMARTS) is 1. The highest BCUT2D eigenvalue weighted by Gasteiger charge is 2.41. The van der Waals surface area contributed by atoms with Crippen LogP contribution in [0.3, 0.4) is 0 Å². The van der Waals surface area contributed by atoms with E-state index in [2.05, 4.69) is 4.98 Å². The molecular formula is C17H17F4NO4. The summed E-state index contributed by atoms with van der Waals surface area (Å²) in [6.45, 7) is 0.414. The standard InChI is InChI=1S/C17H17F4NO4/c1-2-16(7-12(23)24)15-9(5-6-26-16)13-10(18)3-4-11(14(13)22-15)25-8-17(19,20)21/h3-4,22H,2,5-8H2,1H3,(H,23,24). The number of ether oxygens (including phenoxy) is 2. The fraction of sp³-hybridized carbons (Fsp3) is 0.471. The van der Waals surface area contributed by atoms with Crippen LogP contribution >= 0.6 is 0 Å². The highest BCUT2D eigenvalue weighted by molar-refractivity contribution is 5.91. The molecule has 0 spiro atoms. The molecule has 1 aliphatic rings. The van der Waals surface area contributed by atoms with E-state index in [1.165, 1.54) is 0 Å². The third kappa shape index (κ3) is 3.23. The molecule has 0 bridgehead atoms. The van der Waals surface area contributed by atoms with Gasteiger partial charge in [-0.3, -0.25) is 4.79 Å². The summed E-state index contributed by atoms with van der Waals surface area (Å²) in [4.78, 5) is 14.2. The van der Waals surface area contributed by atoms with E-state index in [9.17, 15) is 27.5 Å². The maximum Gasteiger partial charge on any atom is 0.422 e. The largest absolute Gasteiger partial charge is 0.482 e. The van der Waals surface area contributed by atoms with Crippen LogP contribution in [0.15, 0.2) is 12.1 Å². The van der Waals surface area contributed by atoms with E-state index in [1.807, 2.05) is 0 Å². The number of carbonyl (C=O) groups is 1. The maximum atomic E-state index is 14.4. The Morgan fingerprint density at radius 1 is 1.42 bits per heavy atom. The van der Waals surface area contributed by atoms with Gasteiger partial charge in [0.15, 0.2) is 6.61 Å². The first kappa shape index (κ1) is 18.5. The highest BCUT2D eigenvalue weighted by atomic mass is 19.4. The molecule has 26 heavy (non-hydrogen) atoms. The van der Waals surface area contributed by atoms with Gasteiger partial charge < -0.3 is 19.6 Å². The molecule has 1 unspecified atom stereocenters. The molecule has 0 fully saturated rings. The molecule has 0 amide bonds. The minimum absolute atomic E-state index is 0.0768. The fourth-order valence-corrected chi connectivity index (χ4v) is 3.43. The highest BCUT2D eigenvalue weighted by Crippen LogP contribution is 2.44.